The third-order valence-electron chi connectivity index (χ3n) is 0.166. The van der Waals surface area contributed by atoms with Gasteiger partial charge in [-0.3, -0.25) is 4.79 Å². The molecule has 0 saturated carbocycles. The number of halogens is 1. The van der Waals surface area contributed by atoms with Gasteiger partial charge in [-0.05, 0) is 0 Å². The molecular weight excluding hydrogens is 128 g/mol. The van der Waals surface area contributed by atoms with Crippen LogP contribution in [0.4, 0.5) is 0 Å². The third-order valence-corrected chi connectivity index (χ3v) is 0.166. The second-order valence-corrected chi connectivity index (χ2v) is 0.609. The van der Waals surface area contributed by atoms with Crippen LogP contribution in [0.5, 0.6) is 0 Å². The van der Waals surface area contributed by atoms with Gasteiger partial charge in [-0.1, -0.05) is 0 Å². The van der Waals surface area contributed by atoms with Crippen LogP contribution in [-0.4, -0.2) is 5.97 Å². The van der Waals surface area contributed by atoms with Crippen LogP contribution in [0.15, 0.2) is 0 Å². The van der Waals surface area contributed by atoms with E-state index in [1.807, 2.05) is 0 Å². The van der Waals surface area contributed by atoms with E-state index >= 15 is 0 Å². The van der Waals surface area contributed by atoms with Gasteiger partial charge in [-0.2, -0.15) is 5.90 Å². The van der Waals surface area contributed by atoms with Crippen molar-refractivity contribution in [2.45, 2.75) is 6.92 Å². The molecule has 0 unspecified atom stereocenters. The molecule has 0 aromatic heterocycles. The van der Waals surface area contributed by atoms with Gasteiger partial charge in [-0.15, -0.1) is 12.4 Å². The number of rotatable bonds is 0. The molecule has 5 heteroatoms. The quantitative estimate of drug-likeness (QED) is 0.284. The van der Waals surface area contributed by atoms with Gasteiger partial charge in [0.05, 0.1) is 0 Å². The molecule has 0 saturated heterocycles. The summed E-state index contributed by atoms with van der Waals surface area (Å²) in [6.45, 7) is 1.24. The number of carbonyl (C=O) groups excluding carboxylic acids is 1. The van der Waals surface area contributed by atoms with Crippen molar-refractivity contribution in [3.05, 3.63) is 0 Å². The summed E-state index contributed by atoms with van der Waals surface area (Å²) in [5.41, 5.74) is 0. The Hall–Kier alpha value is 0.720. The molecule has 0 aliphatic rings. The van der Waals surface area contributed by atoms with Gasteiger partial charge in [0.15, 0.2) is 0 Å². The van der Waals surface area contributed by atoms with Gasteiger partial charge in [0, 0.05) is 6.92 Å². The topological polar surface area (TPSA) is 52.3 Å². The molecular formula is C2H7ClNNaO2. The molecule has 0 radical (unpaired) electrons. The van der Waals surface area contributed by atoms with Crippen molar-refractivity contribution in [3.63, 3.8) is 0 Å². The fraction of sp³-hybridized carbons (Fsp3) is 0.500. The van der Waals surface area contributed by atoms with E-state index in [0.717, 1.165) is 0 Å². The Morgan fingerprint density at radius 1 is 1.86 bits per heavy atom. The monoisotopic (exact) mass is 135 g/mol. The van der Waals surface area contributed by atoms with Gasteiger partial charge < -0.3 is 6.26 Å². The number of nitrogens with two attached hydrogens (primary N) is 1. The Labute approximate surface area is 71.7 Å². The zero-order valence-electron chi connectivity index (χ0n) is 5.30. The summed E-state index contributed by atoms with van der Waals surface area (Å²) in [7, 11) is 0. The average molecular weight is 136 g/mol. The van der Waals surface area contributed by atoms with Crippen LogP contribution < -0.4 is 35.5 Å². The Morgan fingerprint density at radius 2 is 2.00 bits per heavy atom. The predicted molar refractivity (Wildman–Crippen MR) is 24.3 cm³/mol. The first-order valence-electron chi connectivity index (χ1n) is 1.14. The smallest absolute Gasteiger partial charge is 1.00 e. The molecule has 0 rings (SSSR count). The van der Waals surface area contributed by atoms with Crippen molar-refractivity contribution in [1.29, 1.82) is 0 Å². The van der Waals surface area contributed by atoms with Crippen LogP contribution in [0.3, 0.4) is 0 Å². The number of hydrogen-bond acceptors (Lipinski definition) is 3. The normalized spacial score (nSPS) is 4.86. The Balaban J connectivity index is -0.0000000267. The molecule has 0 aromatic rings. The van der Waals surface area contributed by atoms with Crippen molar-refractivity contribution < 1.29 is 40.6 Å². The predicted octanol–water partition coefficient (Wildman–Crippen LogP) is -3.04. The van der Waals surface area contributed by atoms with Crippen LogP contribution in [0.1, 0.15) is 8.35 Å². The van der Waals surface area contributed by atoms with Gasteiger partial charge in [0.1, 0.15) is 0 Å². The Bertz CT molecular complexity index is 55.3. The van der Waals surface area contributed by atoms with E-state index < -0.39 is 5.97 Å². The molecule has 0 aromatic carbocycles. The van der Waals surface area contributed by atoms with Gasteiger partial charge >= 0.3 is 35.5 Å². The summed E-state index contributed by atoms with van der Waals surface area (Å²) < 4.78 is 0. The molecule has 0 aliphatic carbocycles. The second-order valence-electron chi connectivity index (χ2n) is 0.609. The van der Waals surface area contributed by atoms with Crippen LogP contribution in [0, 0.1) is 0 Å². The molecule has 0 atom stereocenters. The van der Waals surface area contributed by atoms with E-state index in [4.69, 9.17) is 0 Å². The number of hydrogen-bond donors (Lipinski definition) is 1. The standard InChI is InChI=1S/C2H5NO2.ClH.Na.H/c1-2(4)5-3;;;/h3H2,1H3;1H;;/q;;+1;-1. The molecule has 0 bridgehead atoms. The van der Waals surface area contributed by atoms with Crippen molar-refractivity contribution in [2.24, 2.45) is 5.90 Å². The molecule has 2 N–H and O–H groups in total. The molecule has 0 aliphatic heterocycles. The van der Waals surface area contributed by atoms with E-state index in [1.54, 1.807) is 0 Å². The first-order valence-corrected chi connectivity index (χ1v) is 1.14. The molecule has 3 nitrogen and oxygen atoms in total. The average Bonchev–Trinajstić information content (AvgIpc) is 1.38. The van der Waals surface area contributed by atoms with Crippen LogP contribution in [-0.2, 0) is 9.63 Å². The van der Waals surface area contributed by atoms with E-state index in [0.29, 0.717) is 0 Å². The molecule has 0 fully saturated rings. The zero-order chi connectivity index (χ0) is 4.28. The zero-order valence-corrected chi connectivity index (χ0v) is 7.12. The molecule has 7 heavy (non-hydrogen) atoms. The summed E-state index contributed by atoms with van der Waals surface area (Å²) in [5.74, 6) is 3.85. The third kappa shape index (κ3) is 20.2. The first kappa shape index (κ1) is 15.6. The van der Waals surface area contributed by atoms with E-state index in [-0.39, 0.29) is 43.4 Å². The summed E-state index contributed by atoms with van der Waals surface area (Å²) >= 11 is 0. The summed E-state index contributed by atoms with van der Waals surface area (Å²) in [6.07, 6.45) is 0. The maximum atomic E-state index is 9.47. The fourth-order valence-corrected chi connectivity index (χ4v) is 0. The molecule has 0 amide bonds. The summed E-state index contributed by atoms with van der Waals surface area (Å²) in [4.78, 5) is 13.1. The van der Waals surface area contributed by atoms with Gasteiger partial charge in [-0.25, -0.2) is 0 Å². The fourth-order valence-electron chi connectivity index (χ4n) is 0. The minimum Gasteiger partial charge on any atom is -1.00 e. The molecule has 40 valence electrons. The first-order chi connectivity index (χ1) is 2.27. The van der Waals surface area contributed by atoms with Crippen molar-refractivity contribution >= 4 is 18.4 Å². The summed E-state index contributed by atoms with van der Waals surface area (Å²) in [5, 5.41) is 0. The second kappa shape index (κ2) is 9.87. The molecule has 0 heterocycles. The molecule has 0 spiro atoms. The minimum atomic E-state index is -0.468. The Morgan fingerprint density at radius 3 is 2.00 bits per heavy atom. The minimum absolute atomic E-state index is 0. The van der Waals surface area contributed by atoms with E-state index in [9.17, 15) is 4.79 Å². The Kier molecular flexibility index (Phi) is 22.1. The SMILES string of the molecule is CC(=O)ON.Cl.[H-].[Na+]. The van der Waals surface area contributed by atoms with Crippen LogP contribution >= 0.6 is 12.4 Å². The maximum absolute atomic E-state index is 9.47. The summed E-state index contributed by atoms with van der Waals surface area (Å²) in [6, 6.07) is 0. The van der Waals surface area contributed by atoms with Crippen molar-refractivity contribution in [1.82, 2.24) is 0 Å². The largest absolute Gasteiger partial charge is 1.00 e. The van der Waals surface area contributed by atoms with Crippen molar-refractivity contribution in [2.75, 3.05) is 0 Å². The van der Waals surface area contributed by atoms with Gasteiger partial charge in [0.2, 0.25) is 0 Å². The van der Waals surface area contributed by atoms with Gasteiger partial charge in [0.25, 0.3) is 0 Å². The van der Waals surface area contributed by atoms with Crippen molar-refractivity contribution in [3.8, 4) is 0 Å². The maximum Gasteiger partial charge on any atom is 1.00 e. The van der Waals surface area contributed by atoms with Crippen LogP contribution in [0.2, 0.25) is 0 Å². The van der Waals surface area contributed by atoms with E-state index in [1.165, 1.54) is 6.92 Å². The van der Waals surface area contributed by atoms with Crippen LogP contribution in [0.25, 0.3) is 0 Å². The van der Waals surface area contributed by atoms with E-state index in [2.05, 4.69) is 10.7 Å². The number of carbonyl (C=O) groups is 1.